The van der Waals surface area contributed by atoms with Gasteiger partial charge in [0.25, 0.3) is 0 Å². The number of hydrogen-bond acceptors (Lipinski definition) is 3. The van der Waals surface area contributed by atoms with E-state index < -0.39 is 5.92 Å². The number of nitrogens with one attached hydrogen (secondary N) is 2. The van der Waals surface area contributed by atoms with Gasteiger partial charge in [-0.2, -0.15) is 0 Å². The van der Waals surface area contributed by atoms with Crippen LogP contribution in [0.4, 0.5) is 5.69 Å². The summed E-state index contributed by atoms with van der Waals surface area (Å²) < 4.78 is 5.44. The third kappa shape index (κ3) is 3.82. The van der Waals surface area contributed by atoms with Crippen LogP contribution in [-0.4, -0.2) is 18.4 Å². The summed E-state index contributed by atoms with van der Waals surface area (Å²) in [6.45, 7) is 4.49. The fraction of sp³-hybridized carbons (Fsp3) is 0.300. The number of para-hydroxylation sites is 1. The Morgan fingerprint density at radius 3 is 2.68 bits per heavy atom. The standard InChI is InChI=1S/C20H22N2O3/c1-3-25-15-10-8-14(9-11-15)13(2)21-20(24)17-12-19(23)22-18-7-5-4-6-16(17)18/h4-11,13,17H,3,12H2,1-2H3,(H,21,24)(H,22,23). The van der Waals surface area contributed by atoms with Gasteiger partial charge in [0, 0.05) is 12.1 Å². The molecule has 0 saturated heterocycles. The SMILES string of the molecule is CCOc1ccc(C(C)NC(=O)C2CC(=O)Nc3ccccc32)cc1. The molecular formula is C20H22N2O3. The molecule has 2 N–H and O–H groups in total. The van der Waals surface area contributed by atoms with Crippen LogP contribution < -0.4 is 15.4 Å². The molecule has 0 fully saturated rings. The maximum atomic E-state index is 12.7. The summed E-state index contributed by atoms with van der Waals surface area (Å²) in [4.78, 5) is 24.6. The van der Waals surface area contributed by atoms with Gasteiger partial charge in [0.2, 0.25) is 11.8 Å². The molecule has 0 bridgehead atoms. The summed E-state index contributed by atoms with van der Waals surface area (Å²) in [5, 5.41) is 5.83. The quantitative estimate of drug-likeness (QED) is 0.878. The van der Waals surface area contributed by atoms with Crippen molar-refractivity contribution < 1.29 is 14.3 Å². The lowest BCUT2D eigenvalue weighted by molar-refractivity contribution is -0.126. The van der Waals surface area contributed by atoms with E-state index in [0.717, 1.165) is 16.9 Å². The highest BCUT2D eigenvalue weighted by Crippen LogP contribution is 2.32. The van der Waals surface area contributed by atoms with Crippen LogP contribution in [0, 0.1) is 0 Å². The molecule has 3 rings (SSSR count). The number of rotatable bonds is 5. The fourth-order valence-electron chi connectivity index (χ4n) is 3.06. The van der Waals surface area contributed by atoms with Gasteiger partial charge in [-0.3, -0.25) is 9.59 Å². The Balaban J connectivity index is 1.72. The number of fused-ring (bicyclic) bond motifs is 1. The van der Waals surface area contributed by atoms with E-state index >= 15 is 0 Å². The van der Waals surface area contributed by atoms with Crippen molar-refractivity contribution in [2.45, 2.75) is 32.2 Å². The fourth-order valence-corrected chi connectivity index (χ4v) is 3.06. The Morgan fingerprint density at radius 1 is 1.24 bits per heavy atom. The van der Waals surface area contributed by atoms with Crippen LogP contribution in [0.1, 0.15) is 43.4 Å². The summed E-state index contributed by atoms with van der Waals surface area (Å²) in [7, 11) is 0. The van der Waals surface area contributed by atoms with E-state index in [-0.39, 0.29) is 24.3 Å². The van der Waals surface area contributed by atoms with Gasteiger partial charge >= 0.3 is 0 Å². The van der Waals surface area contributed by atoms with E-state index in [0.29, 0.717) is 12.3 Å². The second kappa shape index (κ2) is 7.38. The zero-order valence-electron chi connectivity index (χ0n) is 14.4. The molecule has 2 aromatic carbocycles. The van der Waals surface area contributed by atoms with Gasteiger partial charge in [-0.1, -0.05) is 30.3 Å². The molecular weight excluding hydrogens is 316 g/mol. The van der Waals surface area contributed by atoms with Crippen LogP contribution >= 0.6 is 0 Å². The minimum absolute atomic E-state index is 0.132. The summed E-state index contributed by atoms with van der Waals surface area (Å²) in [5.41, 5.74) is 2.57. The summed E-state index contributed by atoms with van der Waals surface area (Å²) in [6, 6.07) is 15.0. The molecule has 0 spiro atoms. The smallest absolute Gasteiger partial charge is 0.228 e. The van der Waals surface area contributed by atoms with Crippen LogP contribution in [0.5, 0.6) is 5.75 Å². The Bertz CT molecular complexity index is 771. The number of hydrogen-bond donors (Lipinski definition) is 2. The third-order valence-corrected chi connectivity index (χ3v) is 4.37. The topological polar surface area (TPSA) is 67.4 Å². The van der Waals surface area contributed by atoms with E-state index in [1.54, 1.807) is 0 Å². The molecule has 1 heterocycles. The molecule has 0 saturated carbocycles. The highest BCUT2D eigenvalue weighted by atomic mass is 16.5. The van der Waals surface area contributed by atoms with Crippen molar-refractivity contribution in [3.8, 4) is 5.75 Å². The monoisotopic (exact) mass is 338 g/mol. The van der Waals surface area contributed by atoms with Crippen molar-refractivity contribution >= 4 is 17.5 Å². The average Bonchev–Trinajstić information content (AvgIpc) is 2.61. The molecule has 130 valence electrons. The first kappa shape index (κ1) is 17.0. The lowest BCUT2D eigenvalue weighted by Gasteiger charge is -2.26. The van der Waals surface area contributed by atoms with Gasteiger partial charge in [-0.25, -0.2) is 0 Å². The van der Waals surface area contributed by atoms with Gasteiger partial charge in [-0.05, 0) is 43.2 Å². The van der Waals surface area contributed by atoms with Crippen molar-refractivity contribution in [1.82, 2.24) is 5.32 Å². The van der Waals surface area contributed by atoms with Crippen LogP contribution in [0.25, 0.3) is 0 Å². The molecule has 0 aliphatic carbocycles. The molecule has 2 unspecified atom stereocenters. The molecule has 2 atom stereocenters. The average molecular weight is 338 g/mol. The zero-order valence-corrected chi connectivity index (χ0v) is 14.4. The van der Waals surface area contributed by atoms with Crippen LogP contribution in [-0.2, 0) is 9.59 Å². The first-order valence-electron chi connectivity index (χ1n) is 8.50. The Kier molecular flexibility index (Phi) is 5.03. The van der Waals surface area contributed by atoms with Gasteiger partial charge in [0.15, 0.2) is 0 Å². The molecule has 5 nitrogen and oxygen atoms in total. The Morgan fingerprint density at radius 2 is 1.96 bits per heavy atom. The van der Waals surface area contributed by atoms with Crippen molar-refractivity contribution in [3.05, 3.63) is 59.7 Å². The minimum atomic E-state index is -0.463. The maximum absolute atomic E-state index is 12.7. The van der Waals surface area contributed by atoms with Gasteiger partial charge in [0.1, 0.15) is 5.75 Å². The molecule has 25 heavy (non-hydrogen) atoms. The predicted molar refractivity (Wildman–Crippen MR) is 96.6 cm³/mol. The Hall–Kier alpha value is -2.82. The number of benzene rings is 2. The summed E-state index contributed by atoms with van der Waals surface area (Å²) in [6.07, 6.45) is 0.166. The van der Waals surface area contributed by atoms with E-state index in [4.69, 9.17) is 4.74 Å². The summed E-state index contributed by atoms with van der Waals surface area (Å²) in [5.74, 6) is 0.0778. The molecule has 0 aromatic heterocycles. The van der Waals surface area contributed by atoms with Gasteiger partial charge in [0.05, 0.1) is 18.6 Å². The summed E-state index contributed by atoms with van der Waals surface area (Å²) >= 11 is 0. The first-order valence-corrected chi connectivity index (χ1v) is 8.50. The number of carbonyl (C=O) groups is 2. The number of amides is 2. The van der Waals surface area contributed by atoms with Crippen LogP contribution in [0.15, 0.2) is 48.5 Å². The normalized spacial score (nSPS) is 17.2. The first-order chi connectivity index (χ1) is 12.1. The zero-order chi connectivity index (χ0) is 17.8. The van der Waals surface area contributed by atoms with E-state index in [9.17, 15) is 9.59 Å². The minimum Gasteiger partial charge on any atom is -0.494 e. The molecule has 1 aliphatic heterocycles. The molecule has 5 heteroatoms. The predicted octanol–water partition coefficient (Wildman–Crippen LogP) is 3.39. The number of carbonyl (C=O) groups excluding carboxylic acids is 2. The van der Waals surface area contributed by atoms with Gasteiger partial charge in [-0.15, -0.1) is 0 Å². The highest BCUT2D eigenvalue weighted by Gasteiger charge is 2.31. The number of ether oxygens (including phenoxy) is 1. The van der Waals surface area contributed by atoms with Crippen molar-refractivity contribution in [3.63, 3.8) is 0 Å². The van der Waals surface area contributed by atoms with Crippen molar-refractivity contribution in [1.29, 1.82) is 0 Å². The second-order valence-electron chi connectivity index (χ2n) is 6.12. The molecule has 1 aliphatic rings. The lowest BCUT2D eigenvalue weighted by atomic mass is 9.89. The second-order valence-corrected chi connectivity index (χ2v) is 6.12. The lowest BCUT2D eigenvalue weighted by Crippen LogP contribution is -2.36. The third-order valence-electron chi connectivity index (χ3n) is 4.37. The Labute approximate surface area is 147 Å². The largest absolute Gasteiger partial charge is 0.494 e. The molecule has 0 radical (unpaired) electrons. The molecule has 2 aromatic rings. The van der Waals surface area contributed by atoms with E-state index in [1.165, 1.54) is 0 Å². The van der Waals surface area contributed by atoms with Crippen molar-refractivity contribution in [2.24, 2.45) is 0 Å². The van der Waals surface area contributed by atoms with Crippen LogP contribution in [0.3, 0.4) is 0 Å². The van der Waals surface area contributed by atoms with E-state index in [1.807, 2.05) is 62.4 Å². The highest BCUT2D eigenvalue weighted by molar-refractivity contribution is 6.01. The molecule has 2 amide bonds. The van der Waals surface area contributed by atoms with Crippen LogP contribution in [0.2, 0.25) is 0 Å². The maximum Gasteiger partial charge on any atom is 0.228 e. The van der Waals surface area contributed by atoms with Gasteiger partial charge < -0.3 is 15.4 Å². The van der Waals surface area contributed by atoms with Crippen molar-refractivity contribution in [2.75, 3.05) is 11.9 Å². The number of anilines is 1. The van der Waals surface area contributed by atoms with E-state index in [2.05, 4.69) is 10.6 Å².